The number of para-hydroxylation sites is 1. The van der Waals surface area contributed by atoms with Crippen molar-refractivity contribution in [2.45, 2.75) is 22.3 Å². The van der Waals surface area contributed by atoms with Crippen LogP contribution in [0.15, 0.2) is 101 Å². The van der Waals surface area contributed by atoms with Crippen molar-refractivity contribution in [3.8, 4) is 0 Å². The minimum atomic E-state index is -4.03. The summed E-state index contributed by atoms with van der Waals surface area (Å²) in [5, 5.41) is 3.56. The van der Waals surface area contributed by atoms with Crippen molar-refractivity contribution < 1.29 is 13.2 Å². The number of carbonyl (C=O) groups excluding carboxylic acids is 1. The van der Waals surface area contributed by atoms with Gasteiger partial charge in [0.15, 0.2) is 0 Å². The van der Waals surface area contributed by atoms with Crippen LogP contribution in [-0.4, -0.2) is 31.6 Å². The third-order valence-electron chi connectivity index (χ3n) is 5.12. The maximum atomic E-state index is 13.4. The third-order valence-corrected chi connectivity index (χ3v) is 7.35. The minimum absolute atomic E-state index is 0.0378. The Morgan fingerprint density at radius 1 is 0.970 bits per heavy atom. The molecule has 1 amide bonds. The topological polar surface area (TPSA) is 88.2 Å². The van der Waals surface area contributed by atoms with Crippen molar-refractivity contribution in [1.29, 1.82) is 0 Å². The van der Waals surface area contributed by atoms with Crippen LogP contribution in [0, 0.1) is 0 Å². The van der Waals surface area contributed by atoms with Gasteiger partial charge in [0.1, 0.15) is 10.9 Å². The Labute approximate surface area is 197 Å². The Kier molecular flexibility index (Phi) is 7.08. The Morgan fingerprint density at radius 2 is 1.73 bits per heavy atom. The number of sulfonamides is 1. The van der Waals surface area contributed by atoms with Crippen molar-refractivity contribution in [3.05, 3.63) is 96.7 Å². The lowest BCUT2D eigenvalue weighted by Crippen LogP contribution is -2.45. The van der Waals surface area contributed by atoms with E-state index in [0.29, 0.717) is 16.6 Å². The molecular formula is C25H23N3O3S2. The largest absolute Gasteiger partial charge is 0.325 e. The number of rotatable bonds is 8. The smallest absolute Gasteiger partial charge is 0.243 e. The molecule has 2 N–H and O–H groups in total. The summed E-state index contributed by atoms with van der Waals surface area (Å²) < 4.78 is 29.4. The van der Waals surface area contributed by atoms with Crippen LogP contribution in [0.25, 0.3) is 10.9 Å². The molecule has 6 nitrogen and oxygen atoms in total. The molecule has 8 heteroatoms. The van der Waals surface area contributed by atoms with Crippen LogP contribution in [-0.2, 0) is 21.2 Å². The molecule has 0 spiro atoms. The molecule has 0 fully saturated rings. The predicted molar refractivity (Wildman–Crippen MR) is 133 cm³/mol. The fourth-order valence-corrected chi connectivity index (χ4v) is 5.35. The molecule has 1 heterocycles. The lowest BCUT2D eigenvalue weighted by atomic mass is 10.1. The molecule has 3 aromatic carbocycles. The lowest BCUT2D eigenvalue weighted by molar-refractivity contribution is -0.117. The second-order valence-electron chi connectivity index (χ2n) is 7.42. The second-order valence-corrected chi connectivity index (χ2v) is 9.98. The molecule has 1 unspecified atom stereocenters. The Bertz CT molecular complexity index is 1370. The number of hydrogen-bond donors (Lipinski definition) is 2. The molecule has 0 aliphatic rings. The predicted octanol–water partition coefficient (Wildman–Crippen LogP) is 4.49. The highest BCUT2D eigenvalue weighted by molar-refractivity contribution is 7.98. The van der Waals surface area contributed by atoms with E-state index < -0.39 is 22.0 Å². The number of aromatic nitrogens is 1. The number of carbonyl (C=O) groups is 1. The van der Waals surface area contributed by atoms with Gasteiger partial charge >= 0.3 is 0 Å². The Hall–Kier alpha value is -3.20. The fourth-order valence-electron chi connectivity index (χ4n) is 3.51. The van der Waals surface area contributed by atoms with E-state index in [-0.39, 0.29) is 11.3 Å². The molecule has 168 valence electrons. The molecule has 0 aliphatic heterocycles. The number of benzene rings is 3. The van der Waals surface area contributed by atoms with E-state index in [9.17, 15) is 13.2 Å². The van der Waals surface area contributed by atoms with E-state index in [1.165, 1.54) is 6.07 Å². The van der Waals surface area contributed by atoms with Crippen LogP contribution < -0.4 is 10.0 Å². The zero-order chi connectivity index (χ0) is 23.3. The van der Waals surface area contributed by atoms with Crippen molar-refractivity contribution >= 4 is 44.3 Å². The fraction of sp³-hybridized carbons (Fsp3) is 0.120. The van der Waals surface area contributed by atoms with Gasteiger partial charge < -0.3 is 5.32 Å². The second kappa shape index (κ2) is 10.2. The van der Waals surface area contributed by atoms with Crippen LogP contribution in [0.3, 0.4) is 0 Å². The maximum absolute atomic E-state index is 13.4. The van der Waals surface area contributed by atoms with Gasteiger partial charge in [-0.25, -0.2) is 8.42 Å². The first-order chi connectivity index (χ1) is 16.0. The first kappa shape index (κ1) is 23.0. The maximum Gasteiger partial charge on any atom is 0.243 e. The Balaban J connectivity index is 1.66. The summed E-state index contributed by atoms with van der Waals surface area (Å²) in [7, 11) is -4.03. The van der Waals surface area contributed by atoms with Gasteiger partial charge in [-0.15, -0.1) is 11.8 Å². The first-order valence-electron chi connectivity index (χ1n) is 10.3. The van der Waals surface area contributed by atoms with Crippen LogP contribution in [0.2, 0.25) is 0 Å². The Morgan fingerprint density at radius 3 is 2.52 bits per heavy atom. The van der Waals surface area contributed by atoms with E-state index in [4.69, 9.17) is 0 Å². The van der Waals surface area contributed by atoms with Gasteiger partial charge in [-0.05, 0) is 48.6 Å². The van der Waals surface area contributed by atoms with Gasteiger partial charge in [0.05, 0.1) is 5.52 Å². The van der Waals surface area contributed by atoms with Gasteiger partial charge in [0.2, 0.25) is 15.9 Å². The van der Waals surface area contributed by atoms with Crippen molar-refractivity contribution in [2.75, 3.05) is 11.6 Å². The highest BCUT2D eigenvalue weighted by atomic mass is 32.2. The minimum Gasteiger partial charge on any atom is -0.325 e. The van der Waals surface area contributed by atoms with E-state index >= 15 is 0 Å². The molecular weight excluding hydrogens is 454 g/mol. The number of nitrogens with zero attached hydrogens (tertiary/aromatic N) is 1. The van der Waals surface area contributed by atoms with Gasteiger partial charge in [-0.2, -0.15) is 4.72 Å². The molecule has 0 radical (unpaired) electrons. The van der Waals surface area contributed by atoms with Crippen LogP contribution >= 0.6 is 11.8 Å². The zero-order valence-corrected chi connectivity index (χ0v) is 19.6. The van der Waals surface area contributed by atoms with Crippen molar-refractivity contribution in [1.82, 2.24) is 9.71 Å². The van der Waals surface area contributed by atoms with Crippen LogP contribution in [0.1, 0.15) is 5.56 Å². The SMILES string of the molecule is CSc1cccc(NC(=O)C(Cc2ccccc2)NS(=O)(=O)c2cccc3cccnc23)c1. The lowest BCUT2D eigenvalue weighted by Gasteiger charge is -2.19. The summed E-state index contributed by atoms with van der Waals surface area (Å²) in [6.07, 6.45) is 3.70. The molecule has 1 atom stereocenters. The number of pyridine rings is 1. The van der Waals surface area contributed by atoms with E-state index in [0.717, 1.165) is 10.5 Å². The number of anilines is 1. The molecule has 33 heavy (non-hydrogen) atoms. The number of amides is 1. The van der Waals surface area contributed by atoms with Crippen LogP contribution in [0.5, 0.6) is 0 Å². The molecule has 1 aromatic heterocycles. The van der Waals surface area contributed by atoms with Gasteiger partial charge in [0, 0.05) is 22.2 Å². The zero-order valence-electron chi connectivity index (χ0n) is 17.9. The molecule has 4 rings (SSSR count). The summed E-state index contributed by atoms with van der Waals surface area (Å²) >= 11 is 1.56. The summed E-state index contributed by atoms with van der Waals surface area (Å²) in [6.45, 7) is 0. The monoisotopic (exact) mass is 477 g/mol. The summed E-state index contributed by atoms with van der Waals surface area (Å²) in [5.41, 5.74) is 1.81. The third kappa shape index (κ3) is 5.60. The summed E-state index contributed by atoms with van der Waals surface area (Å²) in [4.78, 5) is 18.5. The van der Waals surface area contributed by atoms with E-state index in [2.05, 4.69) is 15.0 Å². The average molecular weight is 478 g/mol. The summed E-state index contributed by atoms with van der Waals surface area (Å²) in [5.74, 6) is -0.436. The number of hydrogen-bond acceptors (Lipinski definition) is 5. The van der Waals surface area contributed by atoms with Crippen molar-refractivity contribution in [2.24, 2.45) is 0 Å². The number of fused-ring (bicyclic) bond motifs is 1. The van der Waals surface area contributed by atoms with Crippen molar-refractivity contribution in [3.63, 3.8) is 0 Å². The normalized spacial score (nSPS) is 12.4. The average Bonchev–Trinajstić information content (AvgIpc) is 2.84. The van der Waals surface area contributed by atoms with Crippen LogP contribution in [0.4, 0.5) is 5.69 Å². The van der Waals surface area contributed by atoms with Gasteiger partial charge in [-0.3, -0.25) is 9.78 Å². The molecule has 0 bridgehead atoms. The highest BCUT2D eigenvalue weighted by Gasteiger charge is 2.28. The van der Waals surface area contributed by atoms with Gasteiger partial charge in [0.25, 0.3) is 0 Å². The molecule has 0 saturated carbocycles. The quantitative estimate of drug-likeness (QED) is 0.365. The number of thioether (sulfide) groups is 1. The highest BCUT2D eigenvalue weighted by Crippen LogP contribution is 2.22. The van der Waals surface area contributed by atoms with E-state index in [1.54, 1.807) is 48.3 Å². The standard InChI is InChI=1S/C25H23N3O3S2/c1-32-21-13-6-12-20(17-21)27-25(29)22(16-18-8-3-2-4-9-18)28-33(30,31)23-14-5-10-19-11-7-15-26-24(19)23/h2-15,17,22,28H,16H2,1H3,(H,27,29). The van der Waals surface area contributed by atoms with E-state index in [1.807, 2.05) is 54.8 Å². The molecule has 0 saturated heterocycles. The first-order valence-corrected chi connectivity index (χ1v) is 13.0. The summed E-state index contributed by atoms with van der Waals surface area (Å²) in [6, 6.07) is 24.2. The number of nitrogens with one attached hydrogen (secondary N) is 2. The molecule has 4 aromatic rings. The molecule has 0 aliphatic carbocycles. The van der Waals surface area contributed by atoms with Gasteiger partial charge in [-0.1, -0.05) is 54.6 Å².